The topological polar surface area (TPSA) is 98.7 Å². The van der Waals surface area contributed by atoms with Gasteiger partial charge in [-0.25, -0.2) is 9.67 Å². The van der Waals surface area contributed by atoms with Crippen molar-refractivity contribution in [1.29, 1.82) is 0 Å². The standard InChI is InChI=1S/C15H16N6O2/c1-4-12-19-15(23-20-12)10-5-6-17-13(7-10)21-9(2)11(8-18-21)14(22)16-3/h5-8H,4H2,1-3H3,(H,16,22). The number of nitrogens with one attached hydrogen (secondary N) is 1. The van der Waals surface area contributed by atoms with Crippen molar-refractivity contribution in [2.75, 3.05) is 7.05 Å². The second kappa shape index (κ2) is 5.99. The maximum absolute atomic E-state index is 11.8. The molecule has 1 N–H and O–H groups in total. The van der Waals surface area contributed by atoms with E-state index in [1.165, 1.54) is 6.20 Å². The molecule has 118 valence electrons. The third kappa shape index (κ3) is 2.70. The molecule has 0 atom stereocenters. The van der Waals surface area contributed by atoms with E-state index in [4.69, 9.17) is 4.52 Å². The Bertz CT molecular complexity index is 851. The highest BCUT2D eigenvalue weighted by Gasteiger charge is 2.16. The molecule has 8 nitrogen and oxygen atoms in total. The van der Waals surface area contributed by atoms with Crippen LogP contribution >= 0.6 is 0 Å². The van der Waals surface area contributed by atoms with E-state index >= 15 is 0 Å². The number of aryl methyl sites for hydroxylation is 1. The molecule has 3 heterocycles. The van der Waals surface area contributed by atoms with E-state index in [2.05, 4.69) is 25.5 Å². The van der Waals surface area contributed by atoms with Crippen LogP contribution in [0.25, 0.3) is 17.3 Å². The highest BCUT2D eigenvalue weighted by Crippen LogP contribution is 2.20. The molecule has 0 saturated heterocycles. The van der Waals surface area contributed by atoms with E-state index in [1.807, 2.05) is 13.8 Å². The van der Waals surface area contributed by atoms with Gasteiger partial charge in [0, 0.05) is 25.2 Å². The van der Waals surface area contributed by atoms with Crippen molar-refractivity contribution >= 4 is 5.91 Å². The number of hydrogen-bond acceptors (Lipinski definition) is 6. The van der Waals surface area contributed by atoms with E-state index in [0.29, 0.717) is 35.2 Å². The number of aromatic nitrogens is 5. The minimum absolute atomic E-state index is 0.186. The molecule has 0 spiro atoms. The number of carbonyl (C=O) groups is 1. The number of carbonyl (C=O) groups excluding carboxylic acids is 1. The Morgan fingerprint density at radius 2 is 2.26 bits per heavy atom. The highest BCUT2D eigenvalue weighted by atomic mass is 16.5. The first-order valence-electron chi connectivity index (χ1n) is 7.20. The van der Waals surface area contributed by atoms with Crippen LogP contribution in [0.15, 0.2) is 29.0 Å². The molecule has 23 heavy (non-hydrogen) atoms. The molecule has 8 heteroatoms. The van der Waals surface area contributed by atoms with E-state index < -0.39 is 0 Å². The molecule has 0 fully saturated rings. The van der Waals surface area contributed by atoms with Gasteiger partial charge in [-0.15, -0.1) is 0 Å². The van der Waals surface area contributed by atoms with Crippen LogP contribution in [0, 0.1) is 6.92 Å². The second-order valence-corrected chi connectivity index (χ2v) is 4.91. The van der Waals surface area contributed by atoms with Crippen LogP contribution in [-0.4, -0.2) is 37.9 Å². The van der Waals surface area contributed by atoms with E-state index in [1.54, 1.807) is 30.1 Å². The van der Waals surface area contributed by atoms with Gasteiger partial charge in [0.15, 0.2) is 11.6 Å². The van der Waals surface area contributed by atoms with Crippen molar-refractivity contribution in [2.45, 2.75) is 20.3 Å². The summed E-state index contributed by atoms with van der Waals surface area (Å²) in [6, 6.07) is 3.58. The molecule has 0 aromatic carbocycles. The van der Waals surface area contributed by atoms with Gasteiger partial charge in [0.2, 0.25) is 0 Å². The number of nitrogens with zero attached hydrogens (tertiary/aromatic N) is 5. The summed E-state index contributed by atoms with van der Waals surface area (Å²) < 4.78 is 6.84. The second-order valence-electron chi connectivity index (χ2n) is 4.91. The zero-order valence-corrected chi connectivity index (χ0v) is 13.1. The average molecular weight is 312 g/mol. The molecule has 0 aliphatic heterocycles. The normalized spacial score (nSPS) is 10.7. The maximum Gasteiger partial charge on any atom is 0.258 e. The summed E-state index contributed by atoms with van der Waals surface area (Å²) in [7, 11) is 1.58. The van der Waals surface area contributed by atoms with Gasteiger partial charge in [0.05, 0.1) is 17.5 Å². The predicted octanol–water partition coefficient (Wildman–Crippen LogP) is 1.55. The van der Waals surface area contributed by atoms with Crippen molar-refractivity contribution in [3.63, 3.8) is 0 Å². The largest absolute Gasteiger partial charge is 0.355 e. The van der Waals surface area contributed by atoms with Gasteiger partial charge in [0.25, 0.3) is 11.8 Å². The number of pyridine rings is 1. The molecule has 1 amide bonds. The third-order valence-electron chi connectivity index (χ3n) is 3.48. The average Bonchev–Trinajstić information content (AvgIpc) is 3.21. The van der Waals surface area contributed by atoms with E-state index in [-0.39, 0.29) is 5.91 Å². The highest BCUT2D eigenvalue weighted by molar-refractivity contribution is 5.94. The monoisotopic (exact) mass is 312 g/mol. The van der Waals surface area contributed by atoms with Crippen LogP contribution in [0.3, 0.4) is 0 Å². The summed E-state index contributed by atoms with van der Waals surface area (Å²) in [6.45, 7) is 3.77. The van der Waals surface area contributed by atoms with Crippen LogP contribution < -0.4 is 5.32 Å². The fraction of sp³-hybridized carbons (Fsp3) is 0.267. The van der Waals surface area contributed by atoms with Crippen molar-refractivity contribution in [3.05, 3.63) is 41.6 Å². The number of rotatable bonds is 4. The lowest BCUT2D eigenvalue weighted by molar-refractivity contribution is 0.0962. The third-order valence-corrected chi connectivity index (χ3v) is 3.48. The van der Waals surface area contributed by atoms with Crippen molar-refractivity contribution in [3.8, 4) is 17.3 Å². The van der Waals surface area contributed by atoms with E-state index in [9.17, 15) is 4.79 Å². The van der Waals surface area contributed by atoms with Crippen LogP contribution in [0.5, 0.6) is 0 Å². The summed E-state index contributed by atoms with van der Waals surface area (Å²) in [5, 5.41) is 10.7. The van der Waals surface area contributed by atoms with Crippen molar-refractivity contribution in [1.82, 2.24) is 30.2 Å². The Morgan fingerprint density at radius 3 is 2.96 bits per heavy atom. The van der Waals surface area contributed by atoms with Gasteiger partial charge < -0.3 is 9.84 Å². The lowest BCUT2D eigenvalue weighted by Gasteiger charge is -2.05. The van der Waals surface area contributed by atoms with Crippen molar-refractivity contribution < 1.29 is 9.32 Å². The SMILES string of the molecule is CCc1noc(-c2ccnc(-n3ncc(C(=O)NC)c3C)c2)n1. The summed E-state index contributed by atoms with van der Waals surface area (Å²) in [6.07, 6.45) is 3.86. The predicted molar refractivity (Wildman–Crippen MR) is 82.2 cm³/mol. The Hall–Kier alpha value is -3.03. The minimum Gasteiger partial charge on any atom is -0.355 e. The van der Waals surface area contributed by atoms with Crippen LogP contribution in [0.1, 0.15) is 28.8 Å². The van der Waals surface area contributed by atoms with E-state index in [0.717, 1.165) is 5.56 Å². The molecular weight excluding hydrogens is 296 g/mol. The molecule has 0 unspecified atom stereocenters. The number of hydrogen-bond donors (Lipinski definition) is 1. The smallest absolute Gasteiger partial charge is 0.258 e. The molecule has 0 aliphatic rings. The molecule has 3 aromatic rings. The first-order valence-corrected chi connectivity index (χ1v) is 7.20. The van der Waals surface area contributed by atoms with Gasteiger partial charge in [-0.05, 0) is 19.1 Å². The van der Waals surface area contributed by atoms with Gasteiger partial charge >= 0.3 is 0 Å². The molecular formula is C15H16N6O2. The van der Waals surface area contributed by atoms with Gasteiger partial charge in [-0.2, -0.15) is 10.1 Å². The van der Waals surface area contributed by atoms with Crippen molar-refractivity contribution in [2.24, 2.45) is 0 Å². The Balaban J connectivity index is 2.00. The zero-order valence-electron chi connectivity index (χ0n) is 13.1. The fourth-order valence-electron chi connectivity index (χ4n) is 2.18. The summed E-state index contributed by atoms with van der Waals surface area (Å²) in [5.74, 6) is 1.47. The molecule has 0 bridgehead atoms. The molecule has 3 rings (SSSR count). The quantitative estimate of drug-likeness (QED) is 0.784. The summed E-state index contributed by atoms with van der Waals surface area (Å²) in [4.78, 5) is 20.4. The van der Waals surface area contributed by atoms with Crippen LogP contribution in [0.2, 0.25) is 0 Å². The summed E-state index contributed by atoms with van der Waals surface area (Å²) in [5.41, 5.74) is 1.96. The minimum atomic E-state index is -0.186. The van der Waals surface area contributed by atoms with Gasteiger partial charge in [0.1, 0.15) is 0 Å². The van der Waals surface area contributed by atoms with Crippen LogP contribution in [0.4, 0.5) is 0 Å². The Labute approximate surface area is 132 Å². The maximum atomic E-state index is 11.8. The molecule has 0 saturated carbocycles. The Morgan fingerprint density at radius 1 is 1.43 bits per heavy atom. The summed E-state index contributed by atoms with van der Waals surface area (Å²) >= 11 is 0. The number of amides is 1. The first-order chi connectivity index (χ1) is 11.1. The fourth-order valence-corrected chi connectivity index (χ4v) is 2.18. The molecule has 0 radical (unpaired) electrons. The van der Waals surface area contributed by atoms with Crippen LogP contribution in [-0.2, 0) is 6.42 Å². The first kappa shape index (κ1) is 14.9. The lowest BCUT2D eigenvalue weighted by atomic mass is 10.2. The van der Waals surface area contributed by atoms with Gasteiger partial charge in [-0.3, -0.25) is 4.79 Å². The van der Waals surface area contributed by atoms with Gasteiger partial charge in [-0.1, -0.05) is 12.1 Å². The lowest BCUT2D eigenvalue weighted by Crippen LogP contribution is -2.18. The molecule has 3 aromatic heterocycles. The molecule has 0 aliphatic carbocycles. The Kier molecular flexibility index (Phi) is 3.88. The zero-order chi connectivity index (χ0) is 16.4.